The first-order valence-electron chi connectivity index (χ1n) is 8.13. The van der Waals surface area contributed by atoms with Gasteiger partial charge in [-0.15, -0.1) is 0 Å². The average molecular weight is 319 g/mol. The van der Waals surface area contributed by atoms with Crippen molar-refractivity contribution in [2.75, 3.05) is 6.54 Å². The van der Waals surface area contributed by atoms with Crippen LogP contribution in [-0.4, -0.2) is 38.4 Å². The molecule has 2 aliphatic rings. The summed E-state index contributed by atoms with van der Waals surface area (Å²) < 4.78 is 0. The van der Waals surface area contributed by atoms with Gasteiger partial charge in [-0.2, -0.15) is 0 Å². The summed E-state index contributed by atoms with van der Waals surface area (Å²) in [6, 6.07) is 0. The van der Waals surface area contributed by atoms with E-state index in [-0.39, 0.29) is 18.0 Å². The number of nitrogens with zero attached hydrogens (tertiary/aromatic N) is 2. The fourth-order valence-electron chi connectivity index (χ4n) is 3.68. The van der Waals surface area contributed by atoms with E-state index in [1.165, 1.54) is 11.2 Å². The van der Waals surface area contributed by atoms with E-state index in [1.807, 2.05) is 0 Å². The summed E-state index contributed by atoms with van der Waals surface area (Å²) in [5.74, 6) is -1.38. The molecule has 0 unspecified atom stereocenters. The van der Waals surface area contributed by atoms with Crippen molar-refractivity contribution in [1.29, 1.82) is 0 Å². The van der Waals surface area contributed by atoms with Crippen molar-refractivity contribution < 1.29 is 14.7 Å². The van der Waals surface area contributed by atoms with Crippen molar-refractivity contribution in [3.63, 3.8) is 0 Å². The van der Waals surface area contributed by atoms with Crippen LogP contribution in [0.5, 0.6) is 0 Å². The summed E-state index contributed by atoms with van der Waals surface area (Å²) in [5.41, 5.74) is -0.412. The molecule has 0 spiro atoms. The monoisotopic (exact) mass is 319 g/mol. The molecule has 124 valence electrons. The van der Waals surface area contributed by atoms with Gasteiger partial charge >= 0.3 is 5.97 Å². The molecule has 0 aromatic carbocycles. The Bertz CT molecular complexity index is 674. The number of aromatic amines is 1. The predicted molar refractivity (Wildman–Crippen MR) is 81.7 cm³/mol. The number of hydrogen-bond donors (Lipinski definition) is 2. The van der Waals surface area contributed by atoms with Gasteiger partial charge in [0, 0.05) is 13.0 Å². The summed E-state index contributed by atoms with van der Waals surface area (Å²) in [4.78, 5) is 45.0. The lowest BCUT2D eigenvalue weighted by molar-refractivity contribution is -0.162. The van der Waals surface area contributed by atoms with E-state index in [0.717, 1.165) is 25.7 Å². The van der Waals surface area contributed by atoms with Gasteiger partial charge in [0.05, 0.1) is 24.1 Å². The van der Waals surface area contributed by atoms with Gasteiger partial charge in [0.1, 0.15) is 5.41 Å². The van der Waals surface area contributed by atoms with Gasteiger partial charge in [0.25, 0.3) is 5.56 Å². The van der Waals surface area contributed by atoms with Crippen LogP contribution in [0.2, 0.25) is 0 Å². The Kier molecular flexibility index (Phi) is 4.19. The van der Waals surface area contributed by atoms with Gasteiger partial charge in [-0.3, -0.25) is 14.4 Å². The van der Waals surface area contributed by atoms with Crippen LogP contribution < -0.4 is 5.56 Å². The first-order valence-corrected chi connectivity index (χ1v) is 8.13. The van der Waals surface area contributed by atoms with E-state index in [0.29, 0.717) is 37.1 Å². The van der Waals surface area contributed by atoms with Crippen molar-refractivity contribution in [3.8, 4) is 0 Å². The lowest BCUT2D eigenvalue weighted by atomic mass is 9.78. The normalized spacial score (nSPS) is 20.4. The number of carboxylic acid groups (broad SMARTS) is 1. The van der Waals surface area contributed by atoms with Crippen LogP contribution in [0.3, 0.4) is 0 Å². The predicted octanol–water partition coefficient (Wildman–Crippen LogP) is 1.08. The highest BCUT2D eigenvalue weighted by molar-refractivity contribution is 6.02. The lowest BCUT2D eigenvalue weighted by Gasteiger charge is -2.35. The lowest BCUT2D eigenvalue weighted by Crippen LogP contribution is -2.50. The fraction of sp³-hybridized carbons (Fsp3) is 0.625. The standard InChI is InChI=1S/C16H21N3O4/c20-13-11-9-19(8-5-12(11)17-10-18-13)14(21)16(15(22)23)6-3-1-2-4-7-16/h10H,1-9H2,(H,22,23)(H,17,18,20). The molecular weight excluding hydrogens is 298 g/mol. The maximum absolute atomic E-state index is 13.0. The number of carbonyl (C=O) groups is 2. The molecule has 7 nitrogen and oxygen atoms in total. The van der Waals surface area contributed by atoms with Gasteiger partial charge < -0.3 is 15.0 Å². The van der Waals surface area contributed by atoms with E-state index in [9.17, 15) is 19.5 Å². The van der Waals surface area contributed by atoms with E-state index >= 15 is 0 Å². The Morgan fingerprint density at radius 3 is 2.57 bits per heavy atom. The Morgan fingerprint density at radius 1 is 1.22 bits per heavy atom. The highest BCUT2D eigenvalue weighted by atomic mass is 16.4. The molecule has 0 atom stereocenters. The second-order valence-electron chi connectivity index (χ2n) is 6.44. The number of amides is 1. The number of carbonyl (C=O) groups excluding carboxylic acids is 1. The molecule has 1 amide bonds. The zero-order valence-corrected chi connectivity index (χ0v) is 13.0. The first kappa shape index (κ1) is 15.7. The van der Waals surface area contributed by atoms with Crippen molar-refractivity contribution in [2.24, 2.45) is 5.41 Å². The molecule has 7 heteroatoms. The van der Waals surface area contributed by atoms with Crippen molar-refractivity contribution in [2.45, 2.75) is 51.5 Å². The SMILES string of the molecule is O=C(O)C1(C(=O)N2CCc3nc[nH]c(=O)c3C2)CCCCCC1. The zero-order chi connectivity index (χ0) is 16.4. The zero-order valence-electron chi connectivity index (χ0n) is 13.0. The van der Waals surface area contributed by atoms with Crippen LogP contribution in [0.15, 0.2) is 11.1 Å². The highest BCUT2D eigenvalue weighted by Crippen LogP contribution is 2.38. The van der Waals surface area contributed by atoms with Crippen LogP contribution in [0.25, 0.3) is 0 Å². The summed E-state index contributed by atoms with van der Waals surface area (Å²) in [5, 5.41) is 9.74. The van der Waals surface area contributed by atoms with Crippen LogP contribution in [0.4, 0.5) is 0 Å². The average Bonchev–Trinajstić information content (AvgIpc) is 2.81. The molecule has 1 aliphatic heterocycles. The van der Waals surface area contributed by atoms with Gasteiger partial charge in [0.2, 0.25) is 5.91 Å². The summed E-state index contributed by atoms with van der Waals surface area (Å²) in [6.45, 7) is 0.559. The Labute approximate surface area is 133 Å². The third kappa shape index (κ3) is 2.75. The molecule has 0 saturated heterocycles. The van der Waals surface area contributed by atoms with Gasteiger partial charge in [-0.1, -0.05) is 25.7 Å². The number of hydrogen-bond acceptors (Lipinski definition) is 4. The highest BCUT2D eigenvalue weighted by Gasteiger charge is 2.48. The Morgan fingerprint density at radius 2 is 1.91 bits per heavy atom. The van der Waals surface area contributed by atoms with E-state index in [1.54, 1.807) is 0 Å². The number of aromatic nitrogens is 2. The molecule has 23 heavy (non-hydrogen) atoms. The minimum atomic E-state index is -1.33. The number of nitrogens with one attached hydrogen (secondary N) is 1. The van der Waals surface area contributed by atoms with Crippen molar-refractivity contribution in [1.82, 2.24) is 14.9 Å². The van der Waals surface area contributed by atoms with Crippen LogP contribution in [0, 0.1) is 5.41 Å². The Balaban J connectivity index is 1.88. The van der Waals surface area contributed by atoms with E-state index in [2.05, 4.69) is 9.97 Å². The third-order valence-electron chi connectivity index (χ3n) is 5.07. The molecule has 0 bridgehead atoms. The van der Waals surface area contributed by atoms with E-state index < -0.39 is 11.4 Å². The smallest absolute Gasteiger partial charge is 0.319 e. The topological polar surface area (TPSA) is 103 Å². The maximum atomic E-state index is 13.0. The molecule has 2 N–H and O–H groups in total. The molecule has 1 aliphatic carbocycles. The molecule has 2 heterocycles. The number of fused-ring (bicyclic) bond motifs is 1. The van der Waals surface area contributed by atoms with Gasteiger partial charge in [-0.25, -0.2) is 4.98 Å². The molecule has 3 rings (SSSR count). The summed E-state index contributed by atoms with van der Waals surface area (Å²) >= 11 is 0. The number of aliphatic carboxylic acids is 1. The van der Waals surface area contributed by atoms with E-state index in [4.69, 9.17) is 0 Å². The molecule has 1 aromatic rings. The van der Waals surface area contributed by atoms with Crippen molar-refractivity contribution >= 4 is 11.9 Å². The number of carboxylic acids is 1. The second kappa shape index (κ2) is 6.14. The first-order chi connectivity index (χ1) is 11.0. The molecule has 1 aromatic heterocycles. The minimum absolute atomic E-state index is 0.145. The van der Waals surface area contributed by atoms with Crippen LogP contribution >= 0.6 is 0 Å². The molecule has 1 fully saturated rings. The quantitative estimate of drug-likeness (QED) is 0.627. The number of H-pyrrole nitrogens is 1. The summed E-state index contributed by atoms with van der Waals surface area (Å²) in [6.07, 6.45) is 6.06. The largest absolute Gasteiger partial charge is 0.480 e. The van der Waals surface area contributed by atoms with Gasteiger partial charge in [0.15, 0.2) is 0 Å². The fourth-order valence-corrected chi connectivity index (χ4v) is 3.68. The second-order valence-corrected chi connectivity index (χ2v) is 6.44. The molecule has 0 radical (unpaired) electrons. The molecular formula is C16H21N3O4. The number of rotatable bonds is 2. The summed E-state index contributed by atoms with van der Waals surface area (Å²) in [7, 11) is 0. The minimum Gasteiger partial charge on any atom is -0.480 e. The van der Waals surface area contributed by atoms with Crippen molar-refractivity contribution in [3.05, 3.63) is 27.9 Å². The Hall–Kier alpha value is -2.18. The third-order valence-corrected chi connectivity index (χ3v) is 5.07. The van der Waals surface area contributed by atoms with Crippen LogP contribution in [-0.2, 0) is 22.6 Å². The van der Waals surface area contributed by atoms with Crippen LogP contribution in [0.1, 0.15) is 49.8 Å². The van der Waals surface area contributed by atoms with Gasteiger partial charge in [-0.05, 0) is 12.8 Å². The maximum Gasteiger partial charge on any atom is 0.319 e. The molecule has 1 saturated carbocycles.